The van der Waals surface area contributed by atoms with E-state index in [1.807, 2.05) is 6.07 Å². The lowest BCUT2D eigenvalue weighted by Crippen LogP contribution is -2.30. The van der Waals surface area contributed by atoms with E-state index in [2.05, 4.69) is 28.2 Å². The monoisotopic (exact) mass is 285 g/mol. The van der Waals surface area contributed by atoms with Crippen LogP contribution in [0.5, 0.6) is 0 Å². The maximum absolute atomic E-state index is 13.8. The van der Waals surface area contributed by atoms with Gasteiger partial charge >= 0.3 is 0 Å². The molecule has 1 saturated heterocycles. The van der Waals surface area contributed by atoms with E-state index in [9.17, 15) is 4.39 Å². The molecule has 1 heterocycles. The van der Waals surface area contributed by atoms with E-state index in [1.165, 1.54) is 0 Å². The summed E-state index contributed by atoms with van der Waals surface area (Å²) in [6.45, 7) is 4.25. The van der Waals surface area contributed by atoms with E-state index in [0.29, 0.717) is 5.92 Å². The largest absolute Gasteiger partial charge is 0.317 e. The van der Waals surface area contributed by atoms with Crippen molar-refractivity contribution in [2.45, 2.75) is 25.7 Å². The molecule has 0 amide bonds. The Hall–Kier alpha value is -0.410. The second-order valence-electron chi connectivity index (χ2n) is 4.51. The van der Waals surface area contributed by atoms with Crippen LogP contribution in [0.3, 0.4) is 0 Å². The number of piperidine rings is 1. The molecule has 1 aliphatic rings. The zero-order valence-electron chi connectivity index (χ0n) is 9.47. The number of nitrogens with one attached hydrogen (secondary N) is 1. The van der Waals surface area contributed by atoms with Crippen LogP contribution >= 0.6 is 15.9 Å². The van der Waals surface area contributed by atoms with Crippen LogP contribution in [0.25, 0.3) is 0 Å². The molecular formula is C13H17BrFN. The Morgan fingerprint density at radius 2 is 2.06 bits per heavy atom. The number of rotatable bonds is 2. The summed E-state index contributed by atoms with van der Waals surface area (Å²) in [6, 6.07) is 5.23. The number of halogens is 2. The van der Waals surface area contributed by atoms with Gasteiger partial charge in [0.25, 0.3) is 0 Å². The number of benzene rings is 1. The minimum Gasteiger partial charge on any atom is -0.317 e. The van der Waals surface area contributed by atoms with Gasteiger partial charge in [-0.05, 0) is 49.9 Å². The van der Waals surface area contributed by atoms with E-state index in [-0.39, 0.29) is 11.7 Å². The molecule has 3 heteroatoms. The summed E-state index contributed by atoms with van der Waals surface area (Å²) in [5.41, 5.74) is 0.842. The van der Waals surface area contributed by atoms with Crippen LogP contribution in [0.2, 0.25) is 0 Å². The smallest absolute Gasteiger partial charge is 0.127 e. The molecule has 16 heavy (non-hydrogen) atoms. The average molecular weight is 286 g/mol. The van der Waals surface area contributed by atoms with Crippen LogP contribution in [0.1, 0.15) is 31.2 Å². The van der Waals surface area contributed by atoms with Gasteiger partial charge in [0.1, 0.15) is 5.82 Å². The van der Waals surface area contributed by atoms with Crippen molar-refractivity contribution in [2.24, 2.45) is 5.92 Å². The Bertz CT molecular complexity index is 341. The van der Waals surface area contributed by atoms with Crippen molar-refractivity contribution >= 4 is 15.9 Å². The van der Waals surface area contributed by atoms with Crippen LogP contribution in [0.4, 0.5) is 4.39 Å². The molecule has 1 unspecified atom stereocenters. The Kier molecular flexibility index (Phi) is 3.98. The lowest BCUT2D eigenvalue weighted by Gasteiger charge is -2.29. The molecule has 0 aliphatic carbocycles. The zero-order chi connectivity index (χ0) is 11.5. The predicted octanol–water partition coefficient (Wildman–Crippen LogP) is 3.69. The highest BCUT2D eigenvalue weighted by atomic mass is 79.9. The lowest BCUT2D eigenvalue weighted by atomic mass is 9.81. The topological polar surface area (TPSA) is 12.0 Å². The van der Waals surface area contributed by atoms with Crippen LogP contribution in [-0.2, 0) is 0 Å². The highest BCUT2D eigenvalue weighted by Crippen LogP contribution is 2.36. The van der Waals surface area contributed by atoms with E-state index in [4.69, 9.17) is 0 Å². The SMILES string of the molecule is CC(c1c(F)cccc1Br)C1CCNCC1. The maximum Gasteiger partial charge on any atom is 0.127 e. The van der Waals surface area contributed by atoms with Crippen molar-refractivity contribution in [3.63, 3.8) is 0 Å². The van der Waals surface area contributed by atoms with Gasteiger partial charge in [-0.25, -0.2) is 4.39 Å². The molecule has 0 radical (unpaired) electrons. The van der Waals surface area contributed by atoms with E-state index < -0.39 is 0 Å². The van der Waals surface area contributed by atoms with Gasteiger partial charge in [-0.3, -0.25) is 0 Å². The Balaban J connectivity index is 2.22. The summed E-state index contributed by atoms with van der Waals surface area (Å²) in [5, 5.41) is 3.34. The first kappa shape index (κ1) is 12.1. The second-order valence-corrected chi connectivity index (χ2v) is 5.37. The van der Waals surface area contributed by atoms with Gasteiger partial charge in [-0.1, -0.05) is 28.9 Å². The van der Waals surface area contributed by atoms with Crippen molar-refractivity contribution in [3.05, 3.63) is 34.1 Å². The fraction of sp³-hybridized carbons (Fsp3) is 0.538. The fourth-order valence-corrected chi connectivity index (χ4v) is 3.23. The number of hydrogen-bond acceptors (Lipinski definition) is 1. The van der Waals surface area contributed by atoms with Gasteiger partial charge in [-0.15, -0.1) is 0 Å². The standard InChI is InChI=1S/C13H17BrFN/c1-9(10-5-7-16-8-6-10)13-11(14)3-2-4-12(13)15/h2-4,9-10,16H,5-8H2,1H3. The molecular weight excluding hydrogens is 269 g/mol. The fourth-order valence-electron chi connectivity index (χ4n) is 2.53. The molecule has 0 saturated carbocycles. The third-order valence-electron chi connectivity index (χ3n) is 3.55. The van der Waals surface area contributed by atoms with Crippen molar-refractivity contribution < 1.29 is 4.39 Å². The quantitative estimate of drug-likeness (QED) is 0.874. The highest BCUT2D eigenvalue weighted by molar-refractivity contribution is 9.10. The van der Waals surface area contributed by atoms with Crippen molar-refractivity contribution in [1.29, 1.82) is 0 Å². The number of hydrogen-bond donors (Lipinski definition) is 1. The Labute approximate surface area is 105 Å². The molecule has 1 nitrogen and oxygen atoms in total. The van der Waals surface area contributed by atoms with Gasteiger partial charge in [0, 0.05) is 10.0 Å². The molecule has 1 N–H and O–H groups in total. The van der Waals surface area contributed by atoms with E-state index in [0.717, 1.165) is 36.0 Å². The van der Waals surface area contributed by atoms with Gasteiger partial charge in [-0.2, -0.15) is 0 Å². The summed E-state index contributed by atoms with van der Waals surface area (Å²) in [4.78, 5) is 0. The molecule has 1 atom stereocenters. The molecule has 2 rings (SSSR count). The van der Waals surface area contributed by atoms with Gasteiger partial charge in [0.15, 0.2) is 0 Å². The summed E-state index contributed by atoms with van der Waals surface area (Å²) < 4.78 is 14.7. The molecule has 0 bridgehead atoms. The minimum absolute atomic E-state index is 0.0830. The molecule has 1 aromatic carbocycles. The predicted molar refractivity (Wildman–Crippen MR) is 68.1 cm³/mol. The normalized spacial score (nSPS) is 19.7. The van der Waals surface area contributed by atoms with Gasteiger partial charge in [0.2, 0.25) is 0 Å². The first-order valence-corrected chi connectivity index (χ1v) is 6.64. The molecule has 1 aromatic rings. The van der Waals surface area contributed by atoms with E-state index in [1.54, 1.807) is 12.1 Å². The molecule has 1 aliphatic heterocycles. The second kappa shape index (κ2) is 5.28. The van der Waals surface area contributed by atoms with Crippen LogP contribution in [0, 0.1) is 11.7 Å². The summed E-state index contributed by atoms with van der Waals surface area (Å²) >= 11 is 3.46. The van der Waals surface area contributed by atoms with E-state index >= 15 is 0 Å². The summed E-state index contributed by atoms with van der Waals surface area (Å²) in [7, 11) is 0. The average Bonchev–Trinajstić information content (AvgIpc) is 2.30. The van der Waals surface area contributed by atoms with Crippen molar-refractivity contribution in [3.8, 4) is 0 Å². The molecule has 0 aromatic heterocycles. The highest BCUT2D eigenvalue weighted by Gasteiger charge is 2.24. The van der Waals surface area contributed by atoms with Gasteiger partial charge < -0.3 is 5.32 Å². The maximum atomic E-state index is 13.8. The Morgan fingerprint density at radius 3 is 2.69 bits per heavy atom. The molecule has 88 valence electrons. The zero-order valence-corrected chi connectivity index (χ0v) is 11.1. The lowest BCUT2D eigenvalue weighted by molar-refractivity contribution is 0.324. The van der Waals surface area contributed by atoms with Gasteiger partial charge in [0.05, 0.1) is 0 Å². The van der Waals surface area contributed by atoms with Crippen LogP contribution in [-0.4, -0.2) is 13.1 Å². The van der Waals surface area contributed by atoms with Crippen LogP contribution < -0.4 is 5.32 Å². The first-order valence-electron chi connectivity index (χ1n) is 5.84. The summed E-state index contributed by atoms with van der Waals surface area (Å²) in [6.07, 6.45) is 2.28. The third kappa shape index (κ3) is 2.46. The third-order valence-corrected chi connectivity index (χ3v) is 4.24. The minimum atomic E-state index is -0.0830. The Morgan fingerprint density at radius 1 is 1.38 bits per heavy atom. The molecule has 0 spiro atoms. The van der Waals surface area contributed by atoms with Crippen molar-refractivity contribution in [2.75, 3.05) is 13.1 Å². The van der Waals surface area contributed by atoms with Crippen molar-refractivity contribution in [1.82, 2.24) is 5.32 Å². The first-order chi connectivity index (χ1) is 7.70. The summed E-state index contributed by atoms with van der Waals surface area (Å²) in [5.74, 6) is 0.799. The molecule has 1 fully saturated rings. The van der Waals surface area contributed by atoms with Crippen LogP contribution in [0.15, 0.2) is 22.7 Å².